The summed E-state index contributed by atoms with van der Waals surface area (Å²) in [4.78, 5) is 4.38. The zero-order valence-corrected chi connectivity index (χ0v) is 15.1. The fourth-order valence-corrected chi connectivity index (χ4v) is 3.61. The number of benzene rings is 1. The van der Waals surface area contributed by atoms with E-state index in [9.17, 15) is 0 Å². The summed E-state index contributed by atoms with van der Waals surface area (Å²) in [5.41, 5.74) is 1.21. The van der Waals surface area contributed by atoms with Crippen molar-refractivity contribution in [2.45, 2.75) is 56.8 Å². The number of ether oxygens (including phenoxy) is 2. The minimum Gasteiger partial charge on any atom is -0.497 e. The summed E-state index contributed by atoms with van der Waals surface area (Å²) in [6.07, 6.45) is 4.25. The predicted molar refractivity (Wildman–Crippen MR) is 96.8 cm³/mol. The molecule has 0 aliphatic carbocycles. The van der Waals surface area contributed by atoms with E-state index >= 15 is 0 Å². The van der Waals surface area contributed by atoms with Gasteiger partial charge in [0.05, 0.1) is 25.4 Å². The number of rotatable bonds is 5. The summed E-state index contributed by atoms with van der Waals surface area (Å²) < 4.78 is 11.3. The Morgan fingerprint density at radius 3 is 2.83 bits per heavy atom. The van der Waals surface area contributed by atoms with Crippen LogP contribution in [0, 0.1) is 0 Å². The molecule has 2 aliphatic rings. The van der Waals surface area contributed by atoms with Gasteiger partial charge in [0.1, 0.15) is 5.75 Å². The molecule has 2 aliphatic heterocycles. The molecule has 3 rings (SSSR count). The second-order valence-corrected chi connectivity index (χ2v) is 7.40. The number of aliphatic imine (C=N–C) groups is 1. The van der Waals surface area contributed by atoms with Crippen molar-refractivity contribution >= 4 is 5.96 Å². The Balaban J connectivity index is 1.58. The number of guanidine groups is 1. The Kier molecular flexibility index (Phi) is 4.99. The molecular formula is C19H29N3O2. The highest BCUT2D eigenvalue weighted by Crippen LogP contribution is 2.34. The number of fused-ring (bicyclic) bond motifs is 2. The molecule has 3 unspecified atom stereocenters. The second-order valence-electron chi connectivity index (χ2n) is 7.40. The van der Waals surface area contributed by atoms with Crippen molar-refractivity contribution < 1.29 is 9.47 Å². The molecule has 0 radical (unpaired) electrons. The van der Waals surface area contributed by atoms with Gasteiger partial charge in [0, 0.05) is 19.0 Å². The first-order chi connectivity index (χ1) is 11.5. The van der Waals surface area contributed by atoms with E-state index < -0.39 is 0 Å². The molecule has 0 aromatic heterocycles. The van der Waals surface area contributed by atoms with Gasteiger partial charge >= 0.3 is 0 Å². The van der Waals surface area contributed by atoms with Crippen LogP contribution in [-0.2, 0) is 10.2 Å². The Labute approximate surface area is 144 Å². The molecule has 5 nitrogen and oxygen atoms in total. The summed E-state index contributed by atoms with van der Waals surface area (Å²) in [6, 6.07) is 8.64. The third-order valence-electron chi connectivity index (χ3n) is 5.20. The van der Waals surface area contributed by atoms with Crippen molar-refractivity contribution in [1.29, 1.82) is 0 Å². The molecule has 0 spiro atoms. The molecule has 0 amide bonds. The highest BCUT2D eigenvalue weighted by Gasteiger charge is 2.41. The van der Waals surface area contributed by atoms with Gasteiger partial charge in [-0.1, -0.05) is 26.0 Å². The van der Waals surface area contributed by atoms with Crippen LogP contribution in [0.3, 0.4) is 0 Å². The highest BCUT2D eigenvalue weighted by molar-refractivity contribution is 5.80. The van der Waals surface area contributed by atoms with Crippen molar-refractivity contribution in [3.05, 3.63) is 29.8 Å². The van der Waals surface area contributed by atoms with Crippen LogP contribution >= 0.6 is 0 Å². The van der Waals surface area contributed by atoms with Gasteiger partial charge in [-0.2, -0.15) is 0 Å². The normalized spacial score (nSPS) is 26.5. The van der Waals surface area contributed by atoms with E-state index in [1.807, 2.05) is 19.2 Å². The molecule has 1 aromatic rings. The van der Waals surface area contributed by atoms with Crippen LogP contribution in [0.2, 0.25) is 0 Å². The van der Waals surface area contributed by atoms with E-state index in [1.165, 1.54) is 12.0 Å². The minimum absolute atomic E-state index is 0.0304. The second kappa shape index (κ2) is 7.01. The van der Waals surface area contributed by atoms with Gasteiger partial charge in [-0.3, -0.25) is 4.99 Å². The monoisotopic (exact) mass is 331 g/mol. The molecule has 2 fully saturated rings. The van der Waals surface area contributed by atoms with Gasteiger partial charge in [0.2, 0.25) is 0 Å². The van der Waals surface area contributed by atoms with E-state index in [2.05, 4.69) is 41.6 Å². The van der Waals surface area contributed by atoms with E-state index in [0.29, 0.717) is 18.2 Å². The lowest BCUT2D eigenvalue weighted by Crippen LogP contribution is -2.49. The first-order valence-corrected chi connectivity index (χ1v) is 8.79. The molecule has 2 bridgehead atoms. The lowest BCUT2D eigenvalue weighted by Gasteiger charge is -2.29. The first-order valence-electron chi connectivity index (χ1n) is 8.79. The molecule has 2 N–H and O–H groups in total. The minimum atomic E-state index is -0.0304. The lowest BCUT2D eigenvalue weighted by molar-refractivity contribution is 0.0992. The molecule has 2 heterocycles. The van der Waals surface area contributed by atoms with Crippen LogP contribution in [0.5, 0.6) is 5.75 Å². The Bertz CT molecular complexity index is 600. The maximum atomic E-state index is 5.91. The highest BCUT2D eigenvalue weighted by atomic mass is 16.5. The van der Waals surface area contributed by atoms with Gasteiger partial charge in [-0.15, -0.1) is 0 Å². The van der Waals surface area contributed by atoms with E-state index in [-0.39, 0.29) is 5.41 Å². The summed E-state index contributed by atoms with van der Waals surface area (Å²) in [6.45, 7) is 5.24. The number of nitrogens with zero attached hydrogens (tertiary/aromatic N) is 1. The van der Waals surface area contributed by atoms with Gasteiger partial charge in [0.15, 0.2) is 5.96 Å². The van der Waals surface area contributed by atoms with Crippen LogP contribution in [0.1, 0.15) is 38.7 Å². The molecule has 132 valence electrons. The number of hydrogen-bond acceptors (Lipinski definition) is 3. The van der Waals surface area contributed by atoms with Crippen LogP contribution in [-0.4, -0.2) is 44.9 Å². The van der Waals surface area contributed by atoms with Crippen molar-refractivity contribution in [2.75, 3.05) is 20.7 Å². The molecule has 24 heavy (non-hydrogen) atoms. The Hall–Kier alpha value is -1.75. The topological polar surface area (TPSA) is 54.9 Å². The van der Waals surface area contributed by atoms with Crippen molar-refractivity contribution in [1.82, 2.24) is 10.6 Å². The largest absolute Gasteiger partial charge is 0.497 e. The van der Waals surface area contributed by atoms with E-state index in [0.717, 1.165) is 31.1 Å². The zero-order valence-electron chi connectivity index (χ0n) is 15.1. The molecule has 0 saturated carbocycles. The smallest absolute Gasteiger partial charge is 0.191 e. The average molecular weight is 331 g/mol. The van der Waals surface area contributed by atoms with E-state index in [1.54, 1.807) is 7.11 Å². The number of nitrogens with one attached hydrogen (secondary N) is 2. The zero-order chi connectivity index (χ0) is 17.2. The molecular weight excluding hydrogens is 302 g/mol. The first kappa shape index (κ1) is 17.1. The molecule has 3 atom stereocenters. The van der Waals surface area contributed by atoms with Crippen molar-refractivity contribution in [3.63, 3.8) is 0 Å². The van der Waals surface area contributed by atoms with Gasteiger partial charge in [-0.25, -0.2) is 0 Å². The Morgan fingerprint density at radius 2 is 2.21 bits per heavy atom. The summed E-state index contributed by atoms with van der Waals surface area (Å²) in [7, 11) is 3.52. The maximum absolute atomic E-state index is 5.91. The summed E-state index contributed by atoms with van der Waals surface area (Å²) >= 11 is 0. The lowest BCUT2D eigenvalue weighted by atomic mass is 9.84. The third kappa shape index (κ3) is 3.66. The number of methoxy groups -OCH3 is 1. The number of hydrogen-bond donors (Lipinski definition) is 2. The average Bonchev–Trinajstić information content (AvgIpc) is 3.21. The molecule has 1 aromatic carbocycles. The van der Waals surface area contributed by atoms with Crippen LogP contribution in [0.4, 0.5) is 0 Å². The van der Waals surface area contributed by atoms with E-state index in [4.69, 9.17) is 9.47 Å². The SMILES string of the molecule is CN=C(NCC(C)(C)c1cccc(OC)c1)NC1CC2CCC1O2. The third-order valence-corrected chi connectivity index (χ3v) is 5.20. The fourth-order valence-electron chi connectivity index (χ4n) is 3.61. The van der Waals surface area contributed by atoms with Crippen molar-refractivity contribution in [2.24, 2.45) is 4.99 Å². The Morgan fingerprint density at radius 1 is 1.38 bits per heavy atom. The van der Waals surface area contributed by atoms with Crippen LogP contribution in [0.15, 0.2) is 29.3 Å². The van der Waals surface area contributed by atoms with Crippen LogP contribution < -0.4 is 15.4 Å². The van der Waals surface area contributed by atoms with Crippen molar-refractivity contribution in [3.8, 4) is 5.75 Å². The van der Waals surface area contributed by atoms with Gasteiger partial charge in [0.25, 0.3) is 0 Å². The van der Waals surface area contributed by atoms with Crippen LogP contribution in [0.25, 0.3) is 0 Å². The van der Waals surface area contributed by atoms with Gasteiger partial charge in [-0.05, 0) is 37.0 Å². The standard InChI is InChI=1S/C19H29N3O2/c1-19(2,13-6-5-7-14(10-13)23-4)12-21-18(20-3)22-16-11-15-8-9-17(16)24-15/h5-7,10,15-17H,8-9,11-12H2,1-4H3,(H2,20,21,22). The molecule has 5 heteroatoms. The summed E-state index contributed by atoms with van der Waals surface area (Å²) in [5, 5.41) is 7.01. The van der Waals surface area contributed by atoms with Gasteiger partial charge < -0.3 is 20.1 Å². The predicted octanol–water partition coefficient (Wildman–Crippen LogP) is 2.46. The summed E-state index contributed by atoms with van der Waals surface area (Å²) in [5.74, 6) is 1.74. The quantitative estimate of drug-likeness (QED) is 0.643. The fraction of sp³-hybridized carbons (Fsp3) is 0.632. The maximum Gasteiger partial charge on any atom is 0.191 e. The molecule has 2 saturated heterocycles.